The molecule has 0 bridgehead atoms. The molecule has 1 aliphatic rings. The number of fused-ring (bicyclic) bond motifs is 2. The highest BCUT2D eigenvalue weighted by Crippen LogP contribution is 2.42. The number of furan rings is 1. The standard InChI is InChI=1S/C35H28O9/c1-5-41-22-13-16-26-25(18-22)30(32(44-26)20-9-7-6-8-10-20)35(37)42-23-12-14-24-28(19-23)43-29(31(24)36)17-21-11-15-27(38-2)34(40-4)33(21)39-3/h6-19H,5H2,1-4H3. The van der Waals surface area contributed by atoms with E-state index < -0.39 is 5.97 Å². The van der Waals surface area contributed by atoms with E-state index in [1.807, 2.05) is 37.3 Å². The Bertz CT molecular complexity index is 1920. The van der Waals surface area contributed by atoms with Gasteiger partial charge >= 0.3 is 5.97 Å². The Labute approximate surface area is 253 Å². The molecule has 0 radical (unpaired) electrons. The summed E-state index contributed by atoms with van der Waals surface area (Å²) < 4.78 is 39.9. The van der Waals surface area contributed by atoms with Crippen molar-refractivity contribution < 1.29 is 42.4 Å². The molecule has 9 nitrogen and oxygen atoms in total. The molecule has 0 unspecified atom stereocenters. The second-order valence-corrected chi connectivity index (χ2v) is 9.67. The zero-order valence-corrected chi connectivity index (χ0v) is 24.5. The van der Waals surface area contributed by atoms with Gasteiger partial charge in [-0.25, -0.2) is 4.79 Å². The highest BCUT2D eigenvalue weighted by Gasteiger charge is 2.30. The molecule has 0 N–H and O–H groups in total. The molecule has 2 heterocycles. The molecule has 6 rings (SSSR count). The van der Waals surface area contributed by atoms with Gasteiger partial charge in [0.15, 0.2) is 17.3 Å². The van der Waals surface area contributed by atoms with Crippen LogP contribution < -0.4 is 28.4 Å². The number of esters is 1. The molecular weight excluding hydrogens is 564 g/mol. The monoisotopic (exact) mass is 592 g/mol. The Hall–Kier alpha value is -5.70. The second-order valence-electron chi connectivity index (χ2n) is 9.67. The lowest BCUT2D eigenvalue weighted by atomic mass is 10.1. The summed E-state index contributed by atoms with van der Waals surface area (Å²) >= 11 is 0. The van der Waals surface area contributed by atoms with Crippen molar-refractivity contribution in [3.05, 3.63) is 101 Å². The first-order valence-corrected chi connectivity index (χ1v) is 13.8. The van der Waals surface area contributed by atoms with Gasteiger partial charge in [-0.1, -0.05) is 30.3 Å². The number of ketones is 1. The fraction of sp³-hybridized carbons (Fsp3) is 0.143. The third-order valence-corrected chi connectivity index (χ3v) is 7.08. The summed E-state index contributed by atoms with van der Waals surface area (Å²) in [6, 6.07) is 22.7. The molecule has 5 aromatic rings. The summed E-state index contributed by atoms with van der Waals surface area (Å²) in [6.45, 7) is 2.35. The van der Waals surface area contributed by atoms with Gasteiger partial charge in [-0.3, -0.25) is 4.79 Å². The number of rotatable bonds is 9. The average Bonchev–Trinajstić information content (AvgIpc) is 3.58. The number of ether oxygens (including phenoxy) is 6. The smallest absolute Gasteiger partial charge is 0.348 e. The molecule has 0 aliphatic carbocycles. The Morgan fingerprint density at radius 3 is 2.34 bits per heavy atom. The summed E-state index contributed by atoms with van der Waals surface area (Å²) in [7, 11) is 4.52. The van der Waals surface area contributed by atoms with Gasteiger partial charge < -0.3 is 32.8 Å². The Balaban J connectivity index is 1.32. The van der Waals surface area contributed by atoms with Crippen molar-refractivity contribution in [2.75, 3.05) is 27.9 Å². The van der Waals surface area contributed by atoms with Gasteiger partial charge in [0.1, 0.15) is 34.2 Å². The van der Waals surface area contributed by atoms with E-state index in [9.17, 15) is 9.59 Å². The van der Waals surface area contributed by atoms with Crippen molar-refractivity contribution in [2.24, 2.45) is 0 Å². The van der Waals surface area contributed by atoms with E-state index in [2.05, 4.69) is 0 Å². The van der Waals surface area contributed by atoms with E-state index in [1.165, 1.54) is 27.4 Å². The van der Waals surface area contributed by atoms with Gasteiger partial charge in [-0.15, -0.1) is 0 Å². The number of carbonyl (C=O) groups is 2. The first kappa shape index (κ1) is 28.4. The molecule has 9 heteroatoms. The third-order valence-electron chi connectivity index (χ3n) is 7.08. The predicted molar refractivity (Wildman–Crippen MR) is 163 cm³/mol. The van der Waals surface area contributed by atoms with Crippen LogP contribution in [0.1, 0.15) is 33.2 Å². The van der Waals surface area contributed by atoms with Crippen molar-refractivity contribution in [1.82, 2.24) is 0 Å². The summed E-state index contributed by atoms with van der Waals surface area (Å²) in [5, 5.41) is 0.557. The van der Waals surface area contributed by atoms with Crippen LogP contribution in [0.2, 0.25) is 0 Å². The lowest BCUT2D eigenvalue weighted by Crippen LogP contribution is -2.09. The van der Waals surface area contributed by atoms with Gasteiger partial charge in [-0.05, 0) is 55.5 Å². The fourth-order valence-corrected chi connectivity index (χ4v) is 5.10. The third kappa shape index (κ3) is 5.09. The SMILES string of the molecule is CCOc1ccc2oc(-c3ccccc3)c(C(=O)Oc3ccc4c(c3)OC(=Cc3ccc(OC)c(OC)c3OC)C4=O)c2c1. The highest BCUT2D eigenvalue weighted by molar-refractivity contribution is 6.15. The minimum Gasteiger partial charge on any atom is -0.494 e. The molecule has 44 heavy (non-hydrogen) atoms. The number of allylic oxidation sites excluding steroid dienone is 1. The Morgan fingerprint density at radius 1 is 0.841 bits per heavy atom. The zero-order valence-electron chi connectivity index (χ0n) is 24.5. The first-order chi connectivity index (χ1) is 21.4. The number of Topliss-reactive ketones (excluding diaryl/α,β-unsaturated/α-hetero) is 1. The largest absolute Gasteiger partial charge is 0.494 e. The molecule has 0 saturated carbocycles. The van der Waals surface area contributed by atoms with E-state index in [0.717, 1.165) is 5.56 Å². The molecule has 0 atom stereocenters. The molecule has 1 aromatic heterocycles. The van der Waals surface area contributed by atoms with Crippen LogP contribution in [-0.4, -0.2) is 39.7 Å². The molecule has 0 saturated heterocycles. The molecule has 4 aromatic carbocycles. The maximum absolute atomic E-state index is 13.7. The number of methoxy groups -OCH3 is 3. The van der Waals surface area contributed by atoms with Crippen molar-refractivity contribution in [3.8, 4) is 45.8 Å². The van der Waals surface area contributed by atoms with E-state index in [-0.39, 0.29) is 28.6 Å². The molecular formula is C35H28O9. The van der Waals surface area contributed by atoms with E-state index in [4.69, 9.17) is 32.8 Å². The lowest BCUT2D eigenvalue weighted by Gasteiger charge is -2.14. The maximum Gasteiger partial charge on any atom is 0.348 e. The molecule has 0 spiro atoms. The first-order valence-electron chi connectivity index (χ1n) is 13.8. The number of carbonyl (C=O) groups excluding carboxylic acids is 2. The second kappa shape index (κ2) is 11.9. The van der Waals surface area contributed by atoms with Gasteiger partial charge in [0.05, 0.1) is 33.5 Å². The van der Waals surface area contributed by atoms with Gasteiger partial charge in [0.2, 0.25) is 11.5 Å². The Kier molecular flexibility index (Phi) is 7.68. The summed E-state index contributed by atoms with van der Waals surface area (Å²) in [5.74, 6) is 1.79. The fourth-order valence-electron chi connectivity index (χ4n) is 5.10. The van der Waals surface area contributed by atoms with Crippen LogP contribution >= 0.6 is 0 Å². The number of benzene rings is 4. The van der Waals surface area contributed by atoms with Gasteiger partial charge in [-0.2, -0.15) is 0 Å². The van der Waals surface area contributed by atoms with Crippen molar-refractivity contribution in [3.63, 3.8) is 0 Å². The normalized spacial score (nSPS) is 13.0. The van der Waals surface area contributed by atoms with Crippen LogP contribution in [0, 0.1) is 0 Å². The van der Waals surface area contributed by atoms with Crippen molar-refractivity contribution >= 4 is 28.8 Å². The average molecular weight is 593 g/mol. The number of hydrogen-bond acceptors (Lipinski definition) is 9. The quantitative estimate of drug-likeness (QED) is 0.0987. The molecule has 222 valence electrons. The molecule has 0 fully saturated rings. The van der Waals surface area contributed by atoms with Gasteiger partial charge in [0, 0.05) is 22.6 Å². The van der Waals surface area contributed by atoms with E-state index in [1.54, 1.807) is 48.5 Å². The zero-order chi connectivity index (χ0) is 30.8. The van der Waals surface area contributed by atoms with E-state index in [0.29, 0.717) is 57.5 Å². The highest BCUT2D eigenvalue weighted by atomic mass is 16.5. The maximum atomic E-state index is 13.7. The van der Waals surface area contributed by atoms with Crippen molar-refractivity contribution in [1.29, 1.82) is 0 Å². The van der Waals surface area contributed by atoms with Gasteiger partial charge in [0.25, 0.3) is 0 Å². The predicted octanol–water partition coefficient (Wildman–Crippen LogP) is 7.36. The summed E-state index contributed by atoms with van der Waals surface area (Å²) in [4.78, 5) is 26.9. The lowest BCUT2D eigenvalue weighted by molar-refractivity contribution is 0.0736. The topological polar surface area (TPSA) is 103 Å². The van der Waals surface area contributed by atoms with Crippen LogP contribution in [0.15, 0.2) is 89.0 Å². The van der Waals surface area contributed by atoms with Crippen molar-refractivity contribution in [2.45, 2.75) is 6.92 Å². The number of hydrogen-bond donors (Lipinski definition) is 0. The van der Waals surface area contributed by atoms with Crippen LogP contribution in [0.5, 0.6) is 34.5 Å². The van der Waals surface area contributed by atoms with Crippen LogP contribution in [-0.2, 0) is 0 Å². The molecule has 0 amide bonds. The van der Waals surface area contributed by atoms with E-state index >= 15 is 0 Å². The Morgan fingerprint density at radius 2 is 1.61 bits per heavy atom. The van der Waals surface area contributed by atoms with Crippen LogP contribution in [0.4, 0.5) is 0 Å². The van der Waals surface area contributed by atoms with Crippen LogP contribution in [0.25, 0.3) is 28.4 Å². The summed E-state index contributed by atoms with van der Waals surface area (Å²) in [5.41, 5.74) is 2.38. The minimum absolute atomic E-state index is 0.0737. The summed E-state index contributed by atoms with van der Waals surface area (Å²) in [6.07, 6.45) is 1.56. The molecule has 1 aliphatic heterocycles. The minimum atomic E-state index is -0.633. The van der Waals surface area contributed by atoms with Crippen LogP contribution in [0.3, 0.4) is 0 Å².